The van der Waals surface area contributed by atoms with Crippen molar-refractivity contribution in [2.75, 3.05) is 0 Å². The first-order valence-corrected chi connectivity index (χ1v) is 1.25. The summed E-state index contributed by atoms with van der Waals surface area (Å²) in [6.07, 6.45) is 0.104. The maximum absolute atomic E-state index is 7.69. The van der Waals surface area contributed by atoms with E-state index in [2.05, 4.69) is 0 Å². The Bertz CT molecular complexity index is 54.3. The van der Waals surface area contributed by atoms with E-state index < -0.39 is 5.97 Å². The van der Waals surface area contributed by atoms with Crippen molar-refractivity contribution in [2.45, 2.75) is 5.97 Å². The molecule has 0 aromatic rings. The summed E-state index contributed by atoms with van der Waals surface area (Å²) in [7, 11) is 0. The highest BCUT2D eigenvalue weighted by Gasteiger charge is 2.10. The molecule has 0 saturated heterocycles. The summed E-state index contributed by atoms with van der Waals surface area (Å²) in [5.41, 5.74) is 0. The molecule has 0 fully saturated rings. The second-order valence-corrected chi connectivity index (χ2v) is 0.832. The lowest BCUT2D eigenvalue weighted by Gasteiger charge is -2.02. The lowest BCUT2D eigenvalue weighted by atomic mass is 10.6. The normalized spacial score (nSPS) is 11.2. The van der Waals surface area contributed by atoms with Crippen LogP contribution >= 0.6 is 0 Å². The molecule has 4 nitrogen and oxygen atoms in total. The molecule has 0 rings (SSSR count). The first-order chi connectivity index (χ1) is 2.56. The van der Waals surface area contributed by atoms with Crippen LogP contribution in [0.5, 0.6) is 0 Å². The van der Waals surface area contributed by atoms with E-state index in [1.54, 1.807) is 0 Å². The molecule has 0 bridgehead atoms. The summed E-state index contributed by atoms with van der Waals surface area (Å²) in [5.74, 6) is -2.92. The van der Waals surface area contributed by atoms with Gasteiger partial charge in [-0.1, -0.05) is 0 Å². The summed E-state index contributed by atoms with van der Waals surface area (Å²) in [6.45, 7) is 0. The van der Waals surface area contributed by atoms with Crippen molar-refractivity contribution in [2.24, 2.45) is 0 Å². The Morgan fingerprint density at radius 3 is 1.50 bits per heavy atom. The molecule has 0 aromatic carbocycles. The molecule has 0 heterocycles. The van der Waals surface area contributed by atoms with E-state index in [0.717, 1.165) is 0 Å². The van der Waals surface area contributed by atoms with E-state index in [-0.39, 0.29) is 6.21 Å². The zero-order valence-electron chi connectivity index (χ0n) is 2.92. The van der Waals surface area contributed by atoms with E-state index in [0.29, 0.717) is 0 Å². The van der Waals surface area contributed by atoms with Crippen molar-refractivity contribution in [1.82, 2.24) is 0 Å². The van der Waals surface area contributed by atoms with Gasteiger partial charge in [0.15, 0.2) is 0 Å². The topological polar surface area (TPSA) is 84.5 Å². The van der Waals surface area contributed by atoms with Gasteiger partial charge in [-0.05, 0) is 0 Å². The van der Waals surface area contributed by atoms with Gasteiger partial charge < -0.3 is 20.7 Å². The van der Waals surface area contributed by atoms with Crippen molar-refractivity contribution >= 4 is 6.21 Å². The van der Waals surface area contributed by atoms with Crippen LogP contribution in [0.1, 0.15) is 0 Å². The fourth-order valence-electron chi connectivity index (χ4n) is 0. The number of rotatable bonds is 1. The monoisotopic (exact) mass is 91.0 g/mol. The largest absolute Gasteiger partial charge is 0.339 e. The van der Waals surface area contributed by atoms with Crippen LogP contribution in [0.3, 0.4) is 0 Å². The standard InChI is InChI=1S/C2H5NO3/c3-1-2(4,5)6/h1,3-6H. The van der Waals surface area contributed by atoms with Gasteiger partial charge in [-0.15, -0.1) is 0 Å². The molecule has 0 aliphatic rings. The highest BCUT2D eigenvalue weighted by atomic mass is 16.7. The van der Waals surface area contributed by atoms with Gasteiger partial charge in [-0.25, -0.2) is 0 Å². The van der Waals surface area contributed by atoms with Gasteiger partial charge in [0.25, 0.3) is 0 Å². The van der Waals surface area contributed by atoms with Crippen molar-refractivity contribution in [1.29, 1.82) is 5.41 Å². The summed E-state index contributed by atoms with van der Waals surface area (Å²) in [4.78, 5) is 0. The average molecular weight is 91.1 g/mol. The smallest absolute Gasteiger partial charge is 0.314 e. The molecule has 4 N–H and O–H groups in total. The van der Waals surface area contributed by atoms with Gasteiger partial charge in [0.05, 0.1) is 6.21 Å². The van der Waals surface area contributed by atoms with Gasteiger partial charge in [-0.2, -0.15) is 0 Å². The van der Waals surface area contributed by atoms with Crippen LogP contribution in [0.2, 0.25) is 0 Å². The third-order valence-electron chi connectivity index (χ3n) is 0.194. The van der Waals surface area contributed by atoms with Crippen molar-refractivity contribution in [3.05, 3.63) is 0 Å². The number of hydrogen-bond acceptors (Lipinski definition) is 4. The molecular formula is C2H5NO3. The maximum Gasteiger partial charge on any atom is 0.314 e. The van der Waals surface area contributed by atoms with E-state index >= 15 is 0 Å². The molecule has 0 unspecified atom stereocenters. The summed E-state index contributed by atoms with van der Waals surface area (Å²) in [5, 5.41) is 29.1. The molecule has 0 aliphatic carbocycles. The molecule has 36 valence electrons. The lowest BCUT2D eigenvalue weighted by Crippen LogP contribution is -2.27. The predicted molar refractivity (Wildman–Crippen MR) is 18.2 cm³/mol. The van der Waals surface area contributed by atoms with Gasteiger partial charge in [0.1, 0.15) is 0 Å². The molecule has 0 aliphatic heterocycles. The fourth-order valence-corrected chi connectivity index (χ4v) is 0. The molecule has 0 saturated carbocycles. The van der Waals surface area contributed by atoms with Crippen molar-refractivity contribution in [3.8, 4) is 0 Å². The average Bonchev–Trinajstić information content (AvgIpc) is 1.35. The first kappa shape index (κ1) is 5.55. The first-order valence-electron chi connectivity index (χ1n) is 1.25. The Labute approximate surface area is 34.2 Å². The molecule has 0 atom stereocenters. The van der Waals surface area contributed by atoms with Gasteiger partial charge in [0, 0.05) is 0 Å². The Kier molecular flexibility index (Phi) is 1.24. The zero-order valence-corrected chi connectivity index (χ0v) is 2.92. The summed E-state index contributed by atoms with van der Waals surface area (Å²) >= 11 is 0. The minimum Gasteiger partial charge on any atom is -0.339 e. The number of aliphatic hydroxyl groups is 3. The number of hydrogen-bond donors (Lipinski definition) is 4. The molecule has 4 heteroatoms. The SMILES string of the molecule is N=CC(O)(O)O. The molecule has 6 heavy (non-hydrogen) atoms. The third-order valence-corrected chi connectivity index (χ3v) is 0.194. The number of nitrogens with one attached hydrogen (secondary N) is 1. The van der Waals surface area contributed by atoms with Gasteiger partial charge in [0.2, 0.25) is 0 Å². The van der Waals surface area contributed by atoms with Crippen LogP contribution in [0.25, 0.3) is 0 Å². The lowest BCUT2D eigenvalue weighted by molar-refractivity contribution is -0.252. The highest BCUT2D eigenvalue weighted by molar-refractivity contribution is 5.59. The van der Waals surface area contributed by atoms with E-state index in [9.17, 15) is 0 Å². The Morgan fingerprint density at radius 1 is 1.33 bits per heavy atom. The van der Waals surface area contributed by atoms with Crippen molar-refractivity contribution < 1.29 is 15.3 Å². The molecule has 0 radical (unpaired) electrons. The van der Waals surface area contributed by atoms with E-state index in [1.807, 2.05) is 0 Å². The van der Waals surface area contributed by atoms with Crippen LogP contribution in [-0.4, -0.2) is 27.5 Å². The molecule has 0 spiro atoms. The quantitative estimate of drug-likeness (QED) is 0.228. The summed E-state index contributed by atoms with van der Waals surface area (Å²) < 4.78 is 0. The molecular weight excluding hydrogens is 86.0 g/mol. The van der Waals surface area contributed by atoms with Gasteiger partial charge in [-0.3, -0.25) is 0 Å². The maximum atomic E-state index is 7.69. The third kappa shape index (κ3) is 3.55. The summed E-state index contributed by atoms with van der Waals surface area (Å²) in [6, 6.07) is 0. The molecule has 0 amide bonds. The minimum atomic E-state index is -2.92. The fraction of sp³-hybridized carbons (Fsp3) is 0.500. The van der Waals surface area contributed by atoms with Crippen molar-refractivity contribution in [3.63, 3.8) is 0 Å². The minimum absolute atomic E-state index is 0.104. The Morgan fingerprint density at radius 2 is 1.50 bits per heavy atom. The van der Waals surface area contributed by atoms with Crippen LogP contribution in [0.4, 0.5) is 0 Å². The van der Waals surface area contributed by atoms with Crippen LogP contribution in [0.15, 0.2) is 0 Å². The second-order valence-electron chi connectivity index (χ2n) is 0.832. The van der Waals surface area contributed by atoms with E-state index in [4.69, 9.17) is 20.7 Å². The Balaban J connectivity index is 3.45. The Hall–Kier alpha value is -0.450. The predicted octanol–water partition coefficient (Wildman–Crippen LogP) is -1.73. The van der Waals surface area contributed by atoms with Crippen LogP contribution < -0.4 is 0 Å². The zero-order chi connectivity index (χ0) is 5.21. The van der Waals surface area contributed by atoms with E-state index in [1.165, 1.54) is 0 Å². The second kappa shape index (κ2) is 1.34. The van der Waals surface area contributed by atoms with Crippen LogP contribution in [-0.2, 0) is 0 Å². The van der Waals surface area contributed by atoms with Crippen LogP contribution in [0, 0.1) is 5.41 Å². The molecule has 0 aromatic heterocycles. The van der Waals surface area contributed by atoms with Gasteiger partial charge >= 0.3 is 5.97 Å². The highest BCUT2D eigenvalue weighted by Crippen LogP contribution is 1.80.